The van der Waals surface area contributed by atoms with Crippen LogP contribution in [0.2, 0.25) is 0 Å². The molecule has 0 aliphatic carbocycles. The Kier molecular flexibility index (Phi) is 4.72. The Morgan fingerprint density at radius 3 is 3.14 bits per heavy atom. The number of nitro groups is 1. The van der Waals surface area contributed by atoms with Gasteiger partial charge in [-0.25, -0.2) is 10.5 Å². The van der Waals surface area contributed by atoms with Crippen molar-refractivity contribution in [3.63, 3.8) is 0 Å². The predicted octanol–water partition coefficient (Wildman–Crippen LogP) is 1.98. The van der Waals surface area contributed by atoms with Crippen molar-refractivity contribution in [1.82, 2.24) is 15.2 Å². The molecule has 2 aromatic rings. The molecule has 0 fully saturated rings. The molecule has 9 nitrogen and oxygen atoms in total. The molecule has 1 aromatic heterocycles. The molecule has 0 saturated heterocycles. The first-order valence-corrected chi connectivity index (χ1v) is 6.90. The molecule has 2 rings (SSSR count). The quantitative estimate of drug-likeness (QED) is 0.322. The van der Waals surface area contributed by atoms with Gasteiger partial charge in [-0.3, -0.25) is 10.1 Å². The summed E-state index contributed by atoms with van der Waals surface area (Å²) in [6, 6.07) is 3.67. The maximum atomic E-state index is 10.7. The Morgan fingerprint density at radius 2 is 2.43 bits per heavy atom. The smallest absolute Gasteiger partial charge is 0.270 e. The highest BCUT2D eigenvalue weighted by Crippen LogP contribution is 2.21. The first kappa shape index (κ1) is 14.8. The third-order valence-corrected chi connectivity index (χ3v) is 3.06. The Labute approximate surface area is 123 Å². The van der Waals surface area contributed by atoms with Crippen LogP contribution in [0.4, 0.5) is 11.6 Å². The monoisotopic (exact) mass is 308 g/mol. The highest BCUT2D eigenvalue weighted by atomic mass is 32.2. The number of anilines is 1. The number of aromatic amines is 1. The van der Waals surface area contributed by atoms with Crippen LogP contribution in [-0.2, 0) is 0 Å². The van der Waals surface area contributed by atoms with Gasteiger partial charge in [-0.2, -0.15) is 10.1 Å². The summed E-state index contributed by atoms with van der Waals surface area (Å²) in [6.45, 7) is 1.98. The lowest BCUT2D eigenvalue weighted by Gasteiger charge is -1.98. The molecule has 0 bridgehead atoms. The fourth-order valence-electron chi connectivity index (χ4n) is 1.41. The van der Waals surface area contributed by atoms with Crippen LogP contribution in [0.25, 0.3) is 0 Å². The summed E-state index contributed by atoms with van der Waals surface area (Å²) >= 11 is 1.47. The van der Waals surface area contributed by atoms with Crippen LogP contribution in [0, 0.1) is 10.1 Å². The first-order chi connectivity index (χ1) is 10.1. The van der Waals surface area contributed by atoms with Gasteiger partial charge in [-0.05, 0) is 11.8 Å². The van der Waals surface area contributed by atoms with E-state index in [2.05, 4.69) is 25.7 Å². The van der Waals surface area contributed by atoms with Gasteiger partial charge in [0, 0.05) is 17.7 Å². The van der Waals surface area contributed by atoms with Gasteiger partial charge >= 0.3 is 0 Å². The van der Waals surface area contributed by atoms with Crippen LogP contribution in [0.5, 0.6) is 5.75 Å². The second-order valence-electron chi connectivity index (χ2n) is 3.77. The van der Waals surface area contributed by atoms with Gasteiger partial charge in [0.05, 0.1) is 11.1 Å². The molecule has 0 radical (unpaired) electrons. The second kappa shape index (κ2) is 6.70. The molecule has 3 N–H and O–H groups in total. The number of phenols is 1. The van der Waals surface area contributed by atoms with Crippen molar-refractivity contribution in [2.24, 2.45) is 5.10 Å². The van der Waals surface area contributed by atoms with Gasteiger partial charge in [0.25, 0.3) is 5.69 Å². The molecule has 21 heavy (non-hydrogen) atoms. The predicted molar refractivity (Wildman–Crippen MR) is 78.8 cm³/mol. The molecular formula is C11H12N6O3S. The number of non-ortho nitro benzene ring substituents is 1. The van der Waals surface area contributed by atoms with Gasteiger partial charge in [-0.1, -0.05) is 18.7 Å². The average Bonchev–Trinajstić information content (AvgIpc) is 2.89. The summed E-state index contributed by atoms with van der Waals surface area (Å²) in [4.78, 5) is 14.2. The van der Waals surface area contributed by atoms with Crippen LogP contribution in [0.3, 0.4) is 0 Å². The first-order valence-electron chi connectivity index (χ1n) is 5.92. The van der Waals surface area contributed by atoms with Gasteiger partial charge in [0.15, 0.2) is 0 Å². The number of hydrogen-bond acceptors (Lipinski definition) is 8. The van der Waals surface area contributed by atoms with Crippen LogP contribution < -0.4 is 5.43 Å². The number of rotatable bonds is 6. The molecule has 110 valence electrons. The Hall–Kier alpha value is -2.62. The molecule has 10 heteroatoms. The second-order valence-corrected chi connectivity index (χ2v) is 5.00. The standard InChI is InChI=1S/C11H12N6O3S/c1-2-21-11-13-10(15-16-11)14-12-6-7-5-8(17(19)20)3-4-9(7)18/h3-6,18H,2H2,1H3,(H2,13,14,15,16)/b12-6-. The van der Waals surface area contributed by atoms with Gasteiger partial charge in [0.1, 0.15) is 5.75 Å². The van der Waals surface area contributed by atoms with Crippen LogP contribution >= 0.6 is 11.8 Å². The van der Waals surface area contributed by atoms with Crippen LogP contribution in [0.1, 0.15) is 12.5 Å². The van der Waals surface area contributed by atoms with E-state index >= 15 is 0 Å². The number of thioether (sulfide) groups is 1. The summed E-state index contributed by atoms with van der Waals surface area (Å²) in [6.07, 6.45) is 1.26. The molecule has 0 unspecified atom stereocenters. The van der Waals surface area contributed by atoms with Gasteiger partial charge in [0.2, 0.25) is 11.1 Å². The number of nitro benzene ring substituents is 1. The number of phenolic OH excluding ortho intramolecular Hbond substituents is 1. The minimum absolute atomic E-state index is 0.106. The number of H-pyrrole nitrogens is 1. The molecule has 0 saturated carbocycles. The number of hydrogen-bond donors (Lipinski definition) is 3. The van der Waals surface area contributed by atoms with Crippen molar-refractivity contribution < 1.29 is 10.0 Å². The molecule has 0 spiro atoms. The van der Waals surface area contributed by atoms with Gasteiger partial charge in [-0.15, -0.1) is 5.10 Å². The third-order valence-electron chi connectivity index (χ3n) is 2.33. The molecule has 1 aromatic carbocycles. The zero-order valence-corrected chi connectivity index (χ0v) is 11.8. The van der Waals surface area contributed by atoms with Crippen molar-refractivity contribution in [1.29, 1.82) is 0 Å². The van der Waals surface area contributed by atoms with Crippen molar-refractivity contribution >= 4 is 29.6 Å². The number of aromatic hydroxyl groups is 1. The van der Waals surface area contributed by atoms with Crippen LogP contribution in [0.15, 0.2) is 28.5 Å². The van der Waals surface area contributed by atoms with E-state index in [1.54, 1.807) is 0 Å². The zero-order chi connectivity index (χ0) is 15.2. The zero-order valence-electron chi connectivity index (χ0n) is 11.0. The summed E-state index contributed by atoms with van der Waals surface area (Å²) in [5.41, 5.74) is 2.69. The molecule has 0 amide bonds. The Bertz CT molecular complexity index is 672. The lowest BCUT2D eigenvalue weighted by molar-refractivity contribution is -0.384. The third kappa shape index (κ3) is 3.92. The molecule has 0 aliphatic heterocycles. The van der Waals surface area contributed by atoms with Crippen molar-refractivity contribution in [2.45, 2.75) is 12.1 Å². The lowest BCUT2D eigenvalue weighted by Crippen LogP contribution is -1.94. The van der Waals surface area contributed by atoms with E-state index in [0.717, 1.165) is 5.75 Å². The fourth-order valence-corrected chi connectivity index (χ4v) is 1.94. The number of nitrogens with one attached hydrogen (secondary N) is 2. The normalized spacial score (nSPS) is 10.9. The van der Waals surface area contributed by atoms with Crippen LogP contribution in [-0.4, -0.2) is 37.2 Å². The van der Waals surface area contributed by atoms with Crippen molar-refractivity contribution in [3.05, 3.63) is 33.9 Å². The summed E-state index contributed by atoms with van der Waals surface area (Å²) in [7, 11) is 0. The van der Waals surface area contributed by atoms with Gasteiger partial charge < -0.3 is 5.11 Å². The van der Waals surface area contributed by atoms with Crippen molar-refractivity contribution in [2.75, 3.05) is 11.2 Å². The van der Waals surface area contributed by atoms with E-state index in [1.165, 1.54) is 36.2 Å². The Balaban J connectivity index is 2.06. The maximum Gasteiger partial charge on any atom is 0.270 e. The van der Waals surface area contributed by atoms with E-state index in [4.69, 9.17) is 0 Å². The number of benzene rings is 1. The highest BCUT2D eigenvalue weighted by molar-refractivity contribution is 7.99. The maximum absolute atomic E-state index is 10.7. The lowest BCUT2D eigenvalue weighted by atomic mass is 10.2. The molecule has 1 heterocycles. The number of aromatic nitrogens is 3. The summed E-state index contributed by atoms with van der Waals surface area (Å²) < 4.78 is 0. The number of hydrazone groups is 1. The molecule has 0 aliphatic rings. The minimum Gasteiger partial charge on any atom is -0.507 e. The number of nitrogens with zero attached hydrogens (tertiary/aromatic N) is 4. The fraction of sp³-hybridized carbons (Fsp3) is 0.182. The molecular weight excluding hydrogens is 296 g/mol. The van der Waals surface area contributed by atoms with E-state index in [0.29, 0.717) is 11.1 Å². The summed E-state index contributed by atoms with van der Waals surface area (Å²) in [5.74, 6) is 1.08. The average molecular weight is 308 g/mol. The Morgan fingerprint density at radius 1 is 1.62 bits per heavy atom. The van der Waals surface area contributed by atoms with E-state index in [9.17, 15) is 15.2 Å². The van der Waals surface area contributed by atoms with Crippen molar-refractivity contribution in [3.8, 4) is 5.75 Å². The SMILES string of the molecule is CCSc1n[nH]c(N/N=C\c2cc([N+](=O)[O-])ccc2O)n1. The minimum atomic E-state index is -0.547. The topological polar surface area (TPSA) is 129 Å². The molecule has 0 atom stereocenters. The van der Waals surface area contributed by atoms with E-state index in [1.807, 2.05) is 6.92 Å². The van der Waals surface area contributed by atoms with E-state index < -0.39 is 4.92 Å². The summed E-state index contributed by atoms with van der Waals surface area (Å²) in [5, 5.41) is 31.3. The highest BCUT2D eigenvalue weighted by Gasteiger charge is 2.08. The van der Waals surface area contributed by atoms with E-state index in [-0.39, 0.29) is 17.0 Å². The largest absolute Gasteiger partial charge is 0.507 e.